The van der Waals surface area contributed by atoms with Crippen molar-refractivity contribution in [1.82, 2.24) is 25.2 Å². The Morgan fingerprint density at radius 2 is 1.10 bits per heavy atom. The van der Waals surface area contributed by atoms with Gasteiger partial charge in [0.2, 0.25) is 0 Å². The lowest BCUT2D eigenvalue weighted by atomic mass is 10.2. The number of nitrogens with zero attached hydrogens (tertiary/aromatic N) is 4. The summed E-state index contributed by atoms with van der Waals surface area (Å²) in [5.74, 6) is 0. The predicted octanol–water partition coefficient (Wildman–Crippen LogP) is 4.35. The van der Waals surface area contributed by atoms with Crippen LogP contribution in [0.2, 0.25) is 0 Å². The lowest BCUT2D eigenvalue weighted by Gasteiger charge is -2.22. The highest BCUT2D eigenvalue weighted by molar-refractivity contribution is 5.16. The Balaban J connectivity index is 1.57. The minimum Gasteiger partial charge on any atom is -0.310 e. The van der Waals surface area contributed by atoms with Crippen LogP contribution in [0.25, 0.3) is 0 Å². The topological polar surface area (TPSA) is 53.9 Å². The Morgan fingerprint density at radius 1 is 0.645 bits per heavy atom. The van der Waals surface area contributed by atoms with Gasteiger partial charge in [-0.1, -0.05) is 39.0 Å². The minimum atomic E-state index is 0.782. The number of rotatable bonds is 12. The van der Waals surface area contributed by atoms with E-state index in [9.17, 15) is 0 Å². The molecule has 0 unspecified atom stereocenters. The summed E-state index contributed by atoms with van der Waals surface area (Å²) in [6.45, 7) is 10.7. The van der Waals surface area contributed by atoms with Crippen molar-refractivity contribution >= 4 is 0 Å². The molecule has 5 nitrogen and oxygen atoms in total. The summed E-state index contributed by atoms with van der Waals surface area (Å²) >= 11 is 0. The third-order valence-corrected chi connectivity index (χ3v) is 5.56. The van der Waals surface area contributed by atoms with Crippen LogP contribution >= 0.6 is 0 Å². The Labute approximate surface area is 187 Å². The van der Waals surface area contributed by atoms with Crippen LogP contribution < -0.4 is 5.32 Å². The fraction of sp³-hybridized carbons (Fsp3) is 0.423. The lowest BCUT2D eigenvalue weighted by Crippen LogP contribution is -2.32. The fourth-order valence-electron chi connectivity index (χ4n) is 3.41. The van der Waals surface area contributed by atoms with E-state index in [4.69, 9.17) is 0 Å². The average molecular weight is 418 g/mol. The Kier molecular flexibility index (Phi) is 9.13. The Bertz CT molecular complexity index is 839. The van der Waals surface area contributed by atoms with E-state index >= 15 is 0 Å². The van der Waals surface area contributed by atoms with Crippen molar-refractivity contribution in [2.24, 2.45) is 0 Å². The van der Waals surface area contributed by atoms with E-state index in [0.29, 0.717) is 0 Å². The highest BCUT2D eigenvalue weighted by atomic mass is 15.1. The fourth-order valence-corrected chi connectivity index (χ4v) is 3.41. The molecule has 0 aliphatic heterocycles. The summed E-state index contributed by atoms with van der Waals surface area (Å²) < 4.78 is 0. The molecule has 0 aliphatic carbocycles. The van der Waals surface area contributed by atoms with Gasteiger partial charge in [0.25, 0.3) is 0 Å². The van der Waals surface area contributed by atoms with Crippen molar-refractivity contribution in [3.63, 3.8) is 0 Å². The normalized spacial score (nSPS) is 11.2. The van der Waals surface area contributed by atoms with Crippen LogP contribution in [0, 0.1) is 0 Å². The largest absolute Gasteiger partial charge is 0.310 e. The van der Waals surface area contributed by atoms with Gasteiger partial charge in [0.05, 0.1) is 17.1 Å². The molecular weight excluding hydrogens is 382 g/mol. The van der Waals surface area contributed by atoms with E-state index in [1.807, 2.05) is 18.6 Å². The monoisotopic (exact) mass is 417 g/mol. The lowest BCUT2D eigenvalue weighted by molar-refractivity contribution is 0.250. The molecule has 0 aromatic carbocycles. The zero-order valence-corrected chi connectivity index (χ0v) is 19.1. The summed E-state index contributed by atoms with van der Waals surface area (Å²) in [4.78, 5) is 16.3. The van der Waals surface area contributed by atoms with Gasteiger partial charge in [-0.2, -0.15) is 0 Å². The van der Waals surface area contributed by atoms with Crippen LogP contribution in [0.15, 0.2) is 55.0 Å². The predicted molar refractivity (Wildman–Crippen MR) is 127 cm³/mol. The summed E-state index contributed by atoms with van der Waals surface area (Å²) in [6, 6.07) is 12.9. The van der Waals surface area contributed by atoms with E-state index in [1.54, 1.807) is 0 Å². The summed E-state index contributed by atoms with van der Waals surface area (Å²) in [5, 5.41) is 3.53. The molecule has 5 heteroatoms. The second kappa shape index (κ2) is 12.3. The molecule has 31 heavy (non-hydrogen) atoms. The number of hydrogen-bond acceptors (Lipinski definition) is 5. The Morgan fingerprint density at radius 3 is 1.48 bits per heavy atom. The maximum absolute atomic E-state index is 4.66. The van der Waals surface area contributed by atoms with Gasteiger partial charge in [-0.3, -0.25) is 19.9 Å². The highest BCUT2D eigenvalue weighted by Gasteiger charge is 2.09. The SMILES string of the molecule is CCc1ccc(CNCCN(Cc2ccc(CC)cn2)Cc2ccc(CC)cn2)nc1. The molecule has 3 rings (SSSR count). The van der Waals surface area contributed by atoms with E-state index in [-0.39, 0.29) is 0 Å². The molecule has 1 N–H and O–H groups in total. The molecule has 0 radical (unpaired) electrons. The van der Waals surface area contributed by atoms with Gasteiger partial charge in [0.15, 0.2) is 0 Å². The molecule has 0 saturated heterocycles. The number of hydrogen-bond donors (Lipinski definition) is 1. The van der Waals surface area contributed by atoms with Crippen LogP contribution in [-0.4, -0.2) is 32.9 Å². The summed E-state index contributed by atoms with van der Waals surface area (Å²) in [7, 11) is 0. The number of aromatic nitrogens is 3. The maximum Gasteiger partial charge on any atom is 0.0544 e. The molecule has 0 aliphatic rings. The van der Waals surface area contributed by atoms with Crippen molar-refractivity contribution in [1.29, 1.82) is 0 Å². The Hall–Kier alpha value is -2.63. The van der Waals surface area contributed by atoms with Gasteiger partial charge >= 0.3 is 0 Å². The van der Waals surface area contributed by atoms with Gasteiger partial charge in [0, 0.05) is 51.3 Å². The molecule has 0 spiro atoms. The summed E-state index contributed by atoms with van der Waals surface area (Å²) in [6.07, 6.45) is 9.01. The molecule has 0 amide bonds. The van der Waals surface area contributed by atoms with Crippen molar-refractivity contribution in [2.45, 2.75) is 59.7 Å². The molecule has 3 aromatic rings. The van der Waals surface area contributed by atoms with E-state index < -0.39 is 0 Å². The standard InChI is InChI=1S/C26H35N5/c1-4-21-7-10-24(28-15-21)18-27-13-14-31(19-25-11-8-22(5-2)16-29-25)20-26-12-9-23(6-3)17-30-26/h7-12,15-17,27H,4-6,13-14,18-20H2,1-3H3. The maximum atomic E-state index is 4.66. The first-order chi connectivity index (χ1) is 15.2. The van der Waals surface area contributed by atoms with Crippen molar-refractivity contribution in [2.75, 3.05) is 13.1 Å². The third kappa shape index (κ3) is 7.53. The van der Waals surface area contributed by atoms with Crippen LogP contribution in [0.4, 0.5) is 0 Å². The second-order valence-corrected chi connectivity index (χ2v) is 7.92. The minimum absolute atomic E-state index is 0.782. The van der Waals surface area contributed by atoms with Gasteiger partial charge in [0.1, 0.15) is 0 Å². The van der Waals surface area contributed by atoms with Crippen LogP contribution in [0.1, 0.15) is 54.5 Å². The highest BCUT2D eigenvalue weighted by Crippen LogP contribution is 2.09. The molecule has 3 aromatic heterocycles. The molecule has 0 bridgehead atoms. The van der Waals surface area contributed by atoms with Crippen LogP contribution in [0.3, 0.4) is 0 Å². The van der Waals surface area contributed by atoms with E-state index in [1.165, 1.54) is 16.7 Å². The molecule has 3 heterocycles. The first-order valence-electron chi connectivity index (χ1n) is 11.4. The van der Waals surface area contributed by atoms with Gasteiger partial charge in [-0.05, 0) is 54.2 Å². The molecule has 164 valence electrons. The molecule has 0 fully saturated rings. The second-order valence-electron chi connectivity index (χ2n) is 7.92. The van der Waals surface area contributed by atoms with Crippen molar-refractivity contribution in [3.05, 3.63) is 88.8 Å². The van der Waals surface area contributed by atoms with Gasteiger partial charge in [-0.15, -0.1) is 0 Å². The first-order valence-corrected chi connectivity index (χ1v) is 11.4. The smallest absolute Gasteiger partial charge is 0.0544 e. The number of pyridine rings is 3. The zero-order chi connectivity index (χ0) is 21.9. The third-order valence-electron chi connectivity index (χ3n) is 5.56. The molecular formula is C26H35N5. The van der Waals surface area contributed by atoms with Gasteiger partial charge < -0.3 is 5.32 Å². The van der Waals surface area contributed by atoms with E-state index in [2.05, 4.69) is 82.3 Å². The van der Waals surface area contributed by atoms with E-state index in [0.717, 1.165) is 69.1 Å². The van der Waals surface area contributed by atoms with Crippen molar-refractivity contribution < 1.29 is 0 Å². The van der Waals surface area contributed by atoms with Crippen LogP contribution in [-0.2, 0) is 38.9 Å². The molecule has 0 saturated carbocycles. The van der Waals surface area contributed by atoms with Crippen LogP contribution in [0.5, 0.6) is 0 Å². The quantitative estimate of drug-likeness (QED) is 0.444. The van der Waals surface area contributed by atoms with Gasteiger partial charge in [-0.25, -0.2) is 0 Å². The number of aryl methyl sites for hydroxylation is 3. The molecule has 0 atom stereocenters. The average Bonchev–Trinajstić information content (AvgIpc) is 2.83. The summed E-state index contributed by atoms with van der Waals surface area (Å²) in [5.41, 5.74) is 7.10. The van der Waals surface area contributed by atoms with Crippen molar-refractivity contribution in [3.8, 4) is 0 Å². The first kappa shape index (κ1) is 23.0. The number of nitrogens with one attached hydrogen (secondary N) is 1. The zero-order valence-electron chi connectivity index (χ0n) is 19.1.